The molecule has 0 heterocycles. The van der Waals surface area contributed by atoms with Gasteiger partial charge in [-0.05, 0) is 74.7 Å². The Labute approximate surface area is 224 Å². The van der Waals surface area contributed by atoms with Crippen LogP contribution in [0.4, 0.5) is 5.69 Å². The molecule has 39 heavy (non-hydrogen) atoms. The second kappa shape index (κ2) is 8.69. The second-order valence-electron chi connectivity index (χ2n) is 11.8. The van der Waals surface area contributed by atoms with Gasteiger partial charge in [0, 0.05) is 23.5 Å². The number of carbonyl (C=O) groups excluding carboxylic acids is 5. The maximum atomic E-state index is 13.9. The van der Waals surface area contributed by atoms with Gasteiger partial charge in [-0.2, -0.15) is 0 Å². The quantitative estimate of drug-likeness (QED) is 0.407. The van der Waals surface area contributed by atoms with E-state index in [0.717, 1.165) is 17.6 Å². The number of Topliss-reactive ketones (excluding diaryl/α,β-unsaturated/α-hetero) is 4. The fourth-order valence-electron chi connectivity index (χ4n) is 7.07. The third-order valence-corrected chi connectivity index (χ3v) is 9.16. The summed E-state index contributed by atoms with van der Waals surface area (Å²) in [6.07, 6.45) is 2.65. The number of phenols is 1. The SMILES string of the molecule is CN(C)[C@@H]1C(=O)C(C(N)=O)C(=O)[C@@]2(O)C(=O)C3C(=O)c4c(cc5ccc(NCC6CC6)cc5c4O)C[C@H]3C[C@@H]12. The van der Waals surface area contributed by atoms with E-state index in [2.05, 4.69) is 5.32 Å². The number of rotatable bonds is 5. The van der Waals surface area contributed by atoms with Crippen molar-refractivity contribution in [3.8, 4) is 5.75 Å². The smallest absolute Gasteiger partial charge is 0.235 e. The summed E-state index contributed by atoms with van der Waals surface area (Å²) >= 11 is 0. The first-order chi connectivity index (χ1) is 18.4. The molecule has 0 aromatic heterocycles. The minimum absolute atomic E-state index is 0.00781. The number of primary amides is 1. The molecule has 1 amide bonds. The highest BCUT2D eigenvalue weighted by molar-refractivity contribution is 6.32. The zero-order valence-corrected chi connectivity index (χ0v) is 21.8. The van der Waals surface area contributed by atoms with Crippen molar-refractivity contribution < 1.29 is 34.2 Å². The Morgan fingerprint density at radius 1 is 1.13 bits per heavy atom. The molecular weight excluding hydrogens is 502 g/mol. The number of hydrogen-bond acceptors (Lipinski definition) is 9. The van der Waals surface area contributed by atoms with E-state index in [1.165, 1.54) is 17.7 Å². The number of anilines is 1. The number of fused-ring (bicyclic) bond motifs is 4. The van der Waals surface area contributed by atoms with Gasteiger partial charge in [-0.1, -0.05) is 12.1 Å². The summed E-state index contributed by atoms with van der Waals surface area (Å²) in [7, 11) is 3.12. The van der Waals surface area contributed by atoms with Gasteiger partial charge in [0.05, 0.1) is 17.5 Å². The van der Waals surface area contributed by atoms with E-state index in [4.69, 9.17) is 5.73 Å². The second-order valence-corrected chi connectivity index (χ2v) is 11.8. The number of hydrogen-bond donors (Lipinski definition) is 4. The van der Waals surface area contributed by atoms with Crippen molar-refractivity contribution in [1.29, 1.82) is 0 Å². The molecule has 3 saturated carbocycles. The number of nitrogens with two attached hydrogens (primary N) is 1. The summed E-state index contributed by atoms with van der Waals surface area (Å²) < 4.78 is 0. The zero-order valence-electron chi connectivity index (χ0n) is 21.8. The Morgan fingerprint density at radius 2 is 1.85 bits per heavy atom. The van der Waals surface area contributed by atoms with Gasteiger partial charge in [0.2, 0.25) is 5.91 Å². The Morgan fingerprint density at radius 3 is 2.49 bits per heavy atom. The summed E-state index contributed by atoms with van der Waals surface area (Å²) in [5.41, 5.74) is 4.03. The van der Waals surface area contributed by atoms with Gasteiger partial charge in [0.25, 0.3) is 0 Å². The van der Waals surface area contributed by atoms with Gasteiger partial charge in [-0.15, -0.1) is 0 Å². The van der Waals surface area contributed by atoms with Crippen molar-refractivity contribution in [3.63, 3.8) is 0 Å². The third kappa shape index (κ3) is 3.65. The van der Waals surface area contributed by atoms with Crippen LogP contribution < -0.4 is 11.1 Å². The van der Waals surface area contributed by atoms with E-state index in [1.54, 1.807) is 20.2 Å². The van der Waals surface area contributed by atoms with Crippen LogP contribution in [0.3, 0.4) is 0 Å². The van der Waals surface area contributed by atoms with E-state index in [-0.39, 0.29) is 24.2 Å². The van der Waals surface area contributed by atoms with Crippen molar-refractivity contribution in [2.45, 2.75) is 37.3 Å². The van der Waals surface area contributed by atoms with Crippen LogP contribution in [0.25, 0.3) is 10.8 Å². The van der Waals surface area contributed by atoms with E-state index in [0.29, 0.717) is 16.9 Å². The van der Waals surface area contributed by atoms with Crippen LogP contribution in [0.5, 0.6) is 5.75 Å². The number of aromatic hydroxyl groups is 1. The number of phenolic OH excluding ortho intramolecular Hbond substituents is 1. The lowest BCUT2D eigenvalue weighted by Gasteiger charge is -2.52. The summed E-state index contributed by atoms with van der Waals surface area (Å²) in [6.45, 7) is 0.824. The highest BCUT2D eigenvalue weighted by Crippen LogP contribution is 2.51. The van der Waals surface area contributed by atoms with E-state index < -0.39 is 64.4 Å². The molecular formula is C29H31N3O7. The Bertz CT molecular complexity index is 1480. The fourth-order valence-corrected chi connectivity index (χ4v) is 7.07. The zero-order chi connectivity index (χ0) is 28.0. The number of likely N-dealkylation sites (N-methyl/N-ethyl adjacent to an activating group) is 1. The minimum atomic E-state index is -2.72. The molecule has 0 saturated heterocycles. The number of nitrogens with zero attached hydrogens (tertiary/aromatic N) is 1. The molecule has 6 rings (SSSR count). The van der Waals surface area contributed by atoms with E-state index >= 15 is 0 Å². The third-order valence-electron chi connectivity index (χ3n) is 9.16. The minimum Gasteiger partial charge on any atom is -0.507 e. The van der Waals surface area contributed by atoms with Gasteiger partial charge in [-0.3, -0.25) is 28.9 Å². The molecule has 0 aliphatic heterocycles. The van der Waals surface area contributed by atoms with Crippen LogP contribution in [0.1, 0.15) is 35.2 Å². The van der Waals surface area contributed by atoms with Crippen LogP contribution in [0.15, 0.2) is 24.3 Å². The molecule has 2 unspecified atom stereocenters. The van der Waals surface area contributed by atoms with Crippen LogP contribution in [-0.4, -0.2) is 76.4 Å². The summed E-state index contributed by atoms with van der Waals surface area (Å²) in [6, 6.07) is 6.28. The van der Waals surface area contributed by atoms with Crippen LogP contribution >= 0.6 is 0 Å². The molecule has 2 aromatic rings. The average molecular weight is 534 g/mol. The number of ketones is 4. The normalized spacial score (nSPS) is 32.2. The number of benzene rings is 2. The first kappa shape index (κ1) is 25.6. The Kier molecular flexibility index (Phi) is 5.71. The lowest BCUT2D eigenvalue weighted by atomic mass is 9.52. The van der Waals surface area contributed by atoms with E-state index in [9.17, 15) is 34.2 Å². The van der Waals surface area contributed by atoms with Crippen molar-refractivity contribution in [1.82, 2.24) is 4.90 Å². The largest absolute Gasteiger partial charge is 0.507 e. The summed E-state index contributed by atoms with van der Waals surface area (Å²) in [5.74, 6) is -9.67. The highest BCUT2D eigenvalue weighted by atomic mass is 16.3. The average Bonchev–Trinajstić information content (AvgIpc) is 3.69. The summed E-state index contributed by atoms with van der Waals surface area (Å²) in [5, 5.41) is 27.5. The molecule has 3 fully saturated rings. The van der Waals surface area contributed by atoms with Gasteiger partial charge < -0.3 is 21.3 Å². The first-order valence-corrected chi connectivity index (χ1v) is 13.3. The molecule has 0 spiro atoms. The van der Waals surface area contributed by atoms with Crippen LogP contribution in [-0.2, 0) is 25.6 Å². The number of amides is 1. The summed E-state index contributed by atoms with van der Waals surface area (Å²) in [4.78, 5) is 67.9. The Balaban J connectivity index is 1.43. The molecule has 204 valence electrons. The van der Waals surface area contributed by atoms with Crippen LogP contribution in [0.2, 0.25) is 0 Å². The van der Waals surface area contributed by atoms with Gasteiger partial charge >= 0.3 is 0 Å². The monoisotopic (exact) mass is 533 g/mol. The molecule has 4 aliphatic rings. The van der Waals surface area contributed by atoms with Gasteiger partial charge in [-0.25, -0.2) is 0 Å². The molecule has 10 nitrogen and oxygen atoms in total. The maximum absolute atomic E-state index is 13.9. The number of aliphatic hydroxyl groups is 1. The number of carbonyl (C=O) groups is 5. The van der Waals surface area contributed by atoms with Crippen molar-refractivity contribution in [2.24, 2.45) is 35.3 Å². The molecule has 4 aliphatic carbocycles. The fraction of sp³-hybridized carbons (Fsp3) is 0.483. The lowest BCUT2D eigenvalue weighted by molar-refractivity contribution is -0.181. The molecule has 0 radical (unpaired) electrons. The topological polar surface area (TPSA) is 167 Å². The highest BCUT2D eigenvalue weighted by Gasteiger charge is 2.69. The Hall–Kier alpha value is -3.63. The van der Waals surface area contributed by atoms with Gasteiger partial charge in [0.1, 0.15) is 5.75 Å². The van der Waals surface area contributed by atoms with Crippen molar-refractivity contribution in [2.75, 3.05) is 26.0 Å². The predicted octanol–water partition coefficient (Wildman–Crippen LogP) is 0.842. The lowest BCUT2D eigenvalue weighted by Crippen LogP contribution is -2.74. The van der Waals surface area contributed by atoms with Gasteiger partial charge in [0.15, 0.2) is 34.7 Å². The van der Waals surface area contributed by atoms with Crippen molar-refractivity contribution >= 4 is 45.5 Å². The van der Waals surface area contributed by atoms with Crippen LogP contribution in [0, 0.1) is 29.6 Å². The molecule has 5 N–H and O–H groups in total. The predicted molar refractivity (Wildman–Crippen MR) is 140 cm³/mol. The first-order valence-electron chi connectivity index (χ1n) is 13.3. The van der Waals surface area contributed by atoms with E-state index in [1.807, 2.05) is 18.2 Å². The maximum Gasteiger partial charge on any atom is 0.235 e. The molecule has 10 heteroatoms. The number of nitrogens with one attached hydrogen (secondary N) is 1. The molecule has 2 aromatic carbocycles. The molecule has 6 atom stereocenters. The molecule has 0 bridgehead atoms. The van der Waals surface area contributed by atoms with Crippen molar-refractivity contribution in [3.05, 3.63) is 35.4 Å². The standard InChI is InChI=1S/C29H31N3O7/c1-32(2)22-18-9-15-8-14-7-13-5-6-16(31-11-12-3-4-12)10-17(13)23(33)19(14)24(34)20(15)26(36)29(18,39)27(37)21(25(22)35)28(30)38/h5-7,10,12,15,18,20-22,31,33,39H,3-4,8-9,11H2,1-2H3,(H2,30,38)/t15-,18-,20?,21?,22-,29-/m0/s1.